The van der Waals surface area contributed by atoms with Crippen LogP contribution in [0.5, 0.6) is 0 Å². The second-order valence-electron chi connectivity index (χ2n) is 17.1. The van der Waals surface area contributed by atoms with Gasteiger partial charge in [0, 0.05) is 33.2 Å². The number of benzene rings is 1. The fourth-order valence-electron chi connectivity index (χ4n) is 8.09. The first-order chi connectivity index (χ1) is 26.2. The number of rotatable bonds is 21. The second kappa shape index (κ2) is 22.5. The van der Waals surface area contributed by atoms with Crippen molar-refractivity contribution in [2.24, 2.45) is 23.7 Å². The predicted molar refractivity (Wildman–Crippen MR) is 218 cm³/mol. The largest absolute Gasteiger partial charge is 0.458 e. The van der Waals surface area contributed by atoms with Crippen LogP contribution in [-0.4, -0.2) is 122 Å². The Bertz CT molecular complexity index is 1420. The fourth-order valence-corrected chi connectivity index (χ4v) is 8.09. The van der Waals surface area contributed by atoms with Crippen LogP contribution in [0, 0.1) is 23.7 Å². The fraction of sp³-hybridized carbons (Fsp3) is 0.744. The maximum absolute atomic E-state index is 14.3. The van der Waals surface area contributed by atoms with E-state index in [0.717, 1.165) is 18.4 Å². The summed E-state index contributed by atoms with van der Waals surface area (Å²) in [5.74, 6) is -2.65. The van der Waals surface area contributed by atoms with Crippen LogP contribution < -0.4 is 16.0 Å². The predicted octanol–water partition coefficient (Wildman–Crippen LogP) is 4.36. The van der Waals surface area contributed by atoms with Gasteiger partial charge >= 0.3 is 5.97 Å². The Morgan fingerprint density at radius 2 is 1.54 bits per heavy atom. The van der Waals surface area contributed by atoms with E-state index in [-0.39, 0.29) is 60.4 Å². The molecule has 1 aromatic rings. The molecule has 1 aromatic carbocycles. The van der Waals surface area contributed by atoms with E-state index >= 15 is 0 Å². The van der Waals surface area contributed by atoms with Crippen LogP contribution in [-0.2, 0) is 44.6 Å². The molecule has 0 bridgehead atoms. The lowest BCUT2D eigenvalue weighted by Gasteiger charge is -2.43. The number of hydrogen-bond acceptors (Lipinski definition) is 10. The first-order valence-electron chi connectivity index (χ1n) is 20.4. The monoisotopic (exact) mass is 788 g/mol. The normalized spacial score (nSPS) is 19.2. The van der Waals surface area contributed by atoms with Gasteiger partial charge in [-0.15, -0.1) is 0 Å². The van der Waals surface area contributed by atoms with E-state index in [2.05, 4.69) is 29.8 Å². The molecule has 0 radical (unpaired) electrons. The Morgan fingerprint density at radius 1 is 0.911 bits per heavy atom. The summed E-state index contributed by atoms with van der Waals surface area (Å²) in [5.41, 5.74) is 0.138. The van der Waals surface area contributed by atoms with E-state index in [4.69, 9.17) is 14.2 Å². The molecule has 1 saturated heterocycles. The topological polar surface area (TPSA) is 156 Å². The number of ether oxygens (including phenoxy) is 3. The summed E-state index contributed by atoms with van der Waals surface area (Å²) in [6, 6.07) is 6.61. The van der Waals surface area contributed by atoms with Gasteiger partial charge in [0.1, 0.15) is 11.6 Å². The zero-order chi connectivity index (χ0) is 42.5. The molecule has 0 spiro atoms. The van der Waals surface area contributed by atoms with Crippen LogP contribution in [0.1, 0.15) is 100 Å². The smallest absolute Gasteiger partial charge is 0.329 e. The van der Waals surface area contributed by atoms with Crippen molar-refractivity contribution in [2.75, 3.05) is 34.9 Å². The van der Waals surface area contributed by atoms with E-state index < -0.39 is 53.7 Å². The van der Waals surface area contributed by atoms with Crippen molar-refractivity contribution in [2.45, 2.75) is 149 Å². The van der Waals surface area contributed by atoms with Crippen molar-refractivity contribution < 1.29 is 38.2 Å². The van der Waals surface area contributed by atoms with Gasteiger partial charge in [0.2, 0.25) is 23.6 Å². The molecule has 3 N–H and O–H groups in total. The molecule has 318 valence electrons. The number of carbonyl (C=O) groups excluding carboxylic acids is 5. The third kappa shape index (κ3) is 13.6. The highest BCUT2D eigenvalue weighted by Gasteiger charge is 2.44. The molecular weight excluding hydrogens is 714 g/mol. The molecule has 0 aliphatic carbocycles. The molecule has 2 rings (SSSR count). The summed E-state index contributed by atoms with van der Waals surface area (Å²) in [5, 5.41) is 8.57. The Morgan fingerprint density at radius 3 is 2.04 bits per heavy atom. The molecule has 56 heavy (non-hydrogen) atoms. The van der Waals surface area contributed by atoms with Gasteiger partial charge in [-0.3, -0.25) is 29.4 Å². The summed E-state index contributed by atoms with van der Waals surface area (Å²) < 4.78 is 17.7. The summed E-state index contributed by atoms with van der Waals surface area (Å²) in [6.45, 7) is 19.5. The minimum absolute atomic E-state index is 0.0157. The number of carbonyl (C=O) groups is 5. The van der Waals surface area contributed by atoms with Crippen LogP contribution in [0.3, 0.4) is 0 Å². The Hall–Kier alpha value is -3.39. The van der Waals surface area contributed by atoms with Gasteiger partial charge in [0.05, 0.1) is 42.7 Å². The highest BCUT2D eigenvalue weighted by molar-refractivity contribution is 6.00. The minimum atomic E-state index is -0.919. The number of esters is 1. The molecule has 0 unspecified atom stereocenters. The zero-order valence-electron chi connectivity index (χ0n) is 36.6. The van der Waals surface area contributed by atoms with E-state index in [1.165, 1.54) is 0 Å². The second-order valence-corrected chi connectivity index (χ2v) is 17.1. The van der Waals surface area contributed by atoms with Gasteiger partial charge in [-0.05, 0) is 71.0 Å². The number of likely N-dealkylation sites (N-methyl/N-ethyl adjacent to an activating group) is 2. The van der Waals surface area contributed by atoms with Gasteiger partial charge in [-0.1, -0.05) is 85.2 Å². The van der Waals surface area contributed by atoms with Crippen molar-refractivity contribution in [1.82, 2.24) is 25.8 Å². The molecule has 1 aliphatic rings. The van der Waals surface area contributed by atoms with E-state index in [0.29, 0.717) is 13.0 Å². The summed E-state index contributed by atoms with van der Waals surface area (Å²) in [7, 11) is 6.68. The molecule has 13 nitrogen and oxygen atoms in total. The summed E-state index contributed by atoms with van der Waals surface area (Å²) in [4.78, 5) is 72.1. The maximum atomic E-state index is 14.3. The highest BCUT2D eigenvalue weighted by Crippen LogP contribution is 2.30. The van der Waals surface area contributed by atoms with Gasteiger partial charge in [-0.2, -0.15) is 0 Å². The van der Waals surface area contributed by atoms with Crippen LogP contribution in [0.25, 0.3) is 0 Å². The third-order valence-corrected chi connectivity index (χ3v) is 11.1. The van der Waals surface area contributed by atoms with Crippen LogP contribution in [0.4, 0.5) is 0 Å². The lowest BCUT2D eigenvalue weighted by molar-refractivity contribution is -0.159. The minimum Gasteiger partial charge on any atom is -0.458 e. The molecule has 1 fully saturated rings. The molecule has 9 atom stereocenters. The van der Waals surface area contributed by atoms with Crippen molar-refractivity contribution in [1.29, 1.82) is 0 Å². The quantitative estimate of drug-likeness (QED) is 0.153. The van der Waals surface area contributed by atoms with Gasteiger partial charge in [-0.25, -0.2) is 4.79 Å². The Kier molecular flexibility index (Phi) is 19.6. The molecule has 1 aliphatic heterocycles. The van der Waals surface area contributed by atoms with Crippen LogP contribution in [0.15, 0.2) is 30.3 Å². The molecular formula is C43H73N5O8. The number of methoxy groups -OCH3 is 2. The standard InChI is InChI=1S/C43H73N5O8/c1-15-28(6)37(47(12)36(27(4)5)41(52)46-40(51)35(44-11)26(2)3)33(54-13)25-34(49)48-23-19-22-32(48)38(55-14)29(7)39(50)45-31(42(53)56-43(8,9)10)24-30-20-17-16-18-21-30/h16-18,20-21,26-29,31-33,35-38,44H,15,19,22-25H2,1-14H3,(H,45,50)(H,46,51,52)/t28-,29+,31-,32-,33+,35-,36-,37-,38+/m0/s1. The number of nitrogens with zero attached hydrogens (tertiary/aromatic N) is 2. The van der Waals surface area contributed by atoms with E-state index in [1.807, 2.05) is 70.0 Å². The van der Waals surface area contributed by atoms with E-state index in [9.17, 15) is 24.0 Å². The molecule has 1 heterocycles. The van der Waals surface area contributed by atoms with E-state index in [1.54, 1.807) is 53.9 Å². The summed E-state index contributed by atoms with van der Waals surface area (Å²) >= 11 is 0. The Labute approximate surface area is 336 Å². The van der Waals surface area contributed by atoms with Crippen molar-refractivity contribution in [3.8, 4) is 0 Å². The molecule has 13 heteroatoms. The van der Waals surface area contributed by atoms with Crippen molar-refractivity contribution >= 4 is 29.6 Å². The number of nitrogens with one attached hydrogen (secondary N) is 3. The maximum Gasteiger partial charge on any atom is 0.329 e. The van der Waals surface area contributed by atoms with Gasteiger partial charge in [0.25, 0.3) is 0 Å². The third-order valence-electron chi connectivity index (χ3n) is 11.1. The average Bonchev–Trinajstić information content (AvgIpc) is 3.60. The van der Waals surface area contributed by atoms with Crippen LogP contribution >= 0.6 is 0 Å². The summed E-state index contributed by atoms with van der Waals surface area (Å²) in [6.07, 6.45) is 1.22. The van der Waals surface area contributed by atoms with Gasteiger partial charge < -0.3 is 29.7 Å². The number of hydrogen-bond donors (Lipinski definition) is 3. The van der Waals surface area contributed by atoms with Crippen molar-refractivity contribution in [3.05, 3.63) is 35.9 Å². The first-order valence-corrected chi connectivity index (χ1v) is 20.4. The SMILES string of the molecule is CC[C@H](C)[C@@H]([C@@H](CC(=O)N1CCC[C@H]1[C@H](OC)[C@@H](C)C(=O)N[C@@H](Cc1ccccc1)C(=O)OC(C)(C)C)OC)N(C)[C@H](C(=O)NC(=O)[C@@H](NC)C(C)C)C(C)C. The number of likely N-dealkylation sites (tertiary alicyclic amines) is 1. The highest BCUT2D eigenvalue weighted by atomic mass is 16.6. The van der Waals surface area contributed by atoms with Crippen molar-refractivity contribution in [3.63, 3.8) is 0 Å². The lowest BCUT2D eigenvalue weighted by atomic mass is 9.87. The molecule has 4 amide bonds. The van der Waals surface area contributed by atoms with Crippen LogP contribution in [0.2, 0.25) is 0 Å². The lowest BCUT2D eigenvalue weighted by Crippen LogP contribution is -2.60. The number of imide groups is 1. The first kappa shape index (κ1) is 48.8. The van der Waals surface area contributed by atoms with Gasteiger partial charge in [0.15, 0.2) is 0 Å². The molecule has 0 saturated carbocycles. The average molecular weight is 788 g/mol. The molecule has 0 aromatic heterocycles. The number of amides is 4. The zero-order valence-corrected chi connectivity index (χ0v) is 36.6. The Balaban J connectivity index is 2.32.